The van der Waals surface area contributed by atoms with Crippen LogP contribution in [0.5, 0.6) is 0 Å². The van der Waals surface area contributed by atoms with Crippen molar-refractivity contribution in [3.63, 3.8) is 0 Å². The summed E-state index contributed by atoms with van der Waals surface area (Å²) < 4.78 is 1.63. The molecular weight excluding hydrogens is 376 g/mol. The van der Waals surface area contributed by atoms with Gasteiger partial charge in [0, 0.05) is 36.6 Å². The van der Waals surface area contributed by atoms with E-state index in [1.165, 1.54) is 0 Å². The van der Waals surface area contributed by atoms with E-state index in [2.05, 4.69) is 15.1 Å². The predicted octanol–water partition coefficient (Wildman–Crippen LogP) is 3.48. The molecule has 0 saturated carbocycles. The molecule has 2 aromatic heterocycles. The Bertz CT molecular complexity index is 1000. The molecule has 0 spiro atoms. The van der Waals surface area contributed by atoms with Crippen LogP contribution in [0.1, 0.15) is 41.4 Å². The van der Waals surface area contributed by atoms with Gasteiger partial charge in [0.1, 0.15) is 0 Å². The number of aryl methyl sites for hydroxylation is 1. The van der Waals surface area contributed by atoms with E-state index in [9.17, 15) is 4.79 Å². The first-order chi connectivity index (χ1) is 13.5. The number of hydrogen-bond acceptors (Lipinski definition) is 5. The summed E-state index contributed by atoms with van der Waals surface area (Å²) in [5.74, 6) is 0.157. The number of piperidine rings is 1. The van der Waals surface area contributed by atoms with Gasteiger partial charge in [-0.2, -0.15) is 5.10 Å². The fourth-order valence-electron chi connectivity index (χ4n) is 3.67. The van der Waals surface area contributed by atoms with E-state index in [0.29, 0.717) is 17.1 Å². The summed E-state index contributed by atoms with van der Waals surface area (Å²) in [6, 6.07) is 7.35. The first-order valence-electron chi connectivity index (χ1n) is 9.21. The number of nitrogens with zero attached hydrogens (tertiary/aromatic N) is 5. The van der Waals surface area contributed by atoms with Gasteiger partial charge in [-0.25, -0.2) is 9.97 Å². The molecule has 3 aromatic rings. The minimum absolute atomic E-state index is 0.0444. The Balaban J connectivity index is 1.76. The number of halogens is 1. The van der Waals surface area contributed by atoms with Crippen molar-refractivity contribution in [2.24, 2.45) is 7.05 Å². The lowest BCUT2D eigenvalue weighted by Crippen LogP contribution is -2.39. The van der Waals surface area contributed by atoms with Gasteiger partial charge in [-0.05, 0) is 37.0 Å². The first kappa shape index (κ1) is 18.4. The Morgan fingerprint density at radius 2 is 2.00 bits per heavy atom. The number of aromatic nitrogens is 4. The van der Waals surface area contributed by atoms with Crippen molar-refractivity contribution in [2.45, 2.75) is 25.3 Å². The Kier molecular flexibility index (Phi) is 5.00. The van der Waals surface area contributed by atoms with Crippen molar-refractivity contribution in [3.8, 4) is 11.1 Å². The quantitative estimate of drug-likeness (QED) is 0.731. The number of anilines is 1. The standard InChI is InChI=1S/C20H21ClN6O/c1-26-12-14(10-24-26)19(28)27-9-3-2-4-17(27)18-16(11-23-20(22)25-18)13-5-7-15(21)8-6-13/h5-8,10-12,17H,2-4,9H2,1H3,(H2,22,23,25). The maximum absolute atomic E-state index is 13.2. The second-order valence-corrected chi connectivity index (χ2v) is 7.38. The number of amides is 1. The summed E-state index contributed by atoms with van der Waals surface area (Å²) in [5.41, 5.74) is 9.06. The van der Waals surface area contributed by atoms with Crippen molar-refractivity contribution in [2.75, 3.05) is 12.3 Å². The molecule has 1 unspecified atom stereocenters. The highest BCUT2D eigenvalue weighted by Gasteiger charge is 2.32. The summed E-state index contributed by atoms with van der Waals surface area (Å²) in [6.07, 6.45) is 7.86. The molecule has 8 heteroatoms. The first-order valence-corrected chi connectivity index (χ1v) is 9.58. The van der Waals surface area contributed by atoms with E-state index in [1.807, 2.05) is 29.2 Å². The van der Waals surface area contributed by atoms with Crippen LogP contribution in [0.15, 0.2) is 42.9 Å². The van der Waals surface area contributed by atoms with Gasteiger partial charge < -0.3 is 10.6 Å². The second kappa shape index (κ2) is 7.59. The Labute approximate surface area is 168 Å². The van der Waals surface area contributed by atoms with E-state index in [1.54, 1.807) is 30.3 Å². The summed E-state index contributed by atoms with van der Waals surface area (Å²) in [5, 5.41) is 4.79. The minimum atomic E-state index is -0.169. The van der Waals surface area contributed by atoms with Gasteiger partial charge in [0.15, 0.2) is 0 Å². The number of rotatable bonds is 3. The largest absolute Gasteiger partial charge is 0.368 e. The zero-order valence-electron chi connectivity index (χ0n) is 15.5. The molecule has 1 aromatic carbocycles. The minimum Gasteiger partial charge on any atom is -0.368 e. The van der Waals surface area contributed by atoms with Crippen LogP contribution in [0.3, 0.4) is 0 Å². The number of carbonyl (C=O) groups is 1. The van der Waals surface area contributed by atoms with Gasteiger partial charge in [-0.1, -0.05) is 23.7 Å². The number of nitrogens with two attached hydrogens (primary N) is 1. The van der Waals surface area contributed by atoms with Gasteiger partial charge in [0.2, 0.25) is 5.95 Å². The number of nitrogen functional groups attached to an aromatic ring is 1. The van der Waals surface area contributed by atoms with Crippen LogP contribution in [0.2, 0.25) is 5.02 Å². The van der Waals surface area contributed by atoms with Gasteiger partial charge in [-0.3, -0.25) is 9.48 Å². The zero-order chi connectivity index (χ0) is 19.7. The lowest BCUT2D eigenvalue weighted by molar-refractivity contribution is 0.0606. The molecule has 1 saturated heterocycles. The number of likely N-dealkylation sites (tertiary alicyclic amines) is 1. The number of carbonyl (C=O) groups excluding carboxylic acids is 1. The smallest absolute Gasteiger partial charge is 0.257 e. The summed E-state index contributed by atoms with van der Waals surface area (Å²) in [4.78, 5) is 23.8. The molecule has 1 atom stereocenters. The van der Waals surface area contributed by atoms with E-state index >= 15 is 0 Å². The van der Waals surface area contributed by atoms with Crippen LogP contribution in [-0.4, -0.2) is 37.1 Å². The molecule has 0 bridgehead atoms. The van der Waals surface area contributed by atoms with E-state index in [4.69, 9.17) is 17.3 Å². The highest BCUT2D eigenvalue weighted by Crippen LogP contribution is 2.36. The Morgan fingerprint density at radius 3 is 2.71 bits per heavy atom. The molecule has 1 amide bonds. The van der Waals surface area contributed by atoms with Crippen LogP contribution < -0.4 is 5.73 Å². The van der Waals surface area contributed by atoms with E-state index < -0.39 is 0 Å². The lowest BCUT2D eigenvalue weighted by atomic mass is 9.93. The average molecular weight is 397 g/mol. The molecule has 3 heterocycles. The predicted molar refractivity (Wildman–Crippen MR) is 108 cm³/mol. The van der Waals surface area contributed by atoms with Crippen LogP contribution in [0, 0.1) is 0 Å². The monoisotopic (exact) mass is 396 g/mol. The third-order valence-electron chi connectivity index (χ3n) is 5.02. The SMILES string of the molecule is Cn1cc(C(=O)N2CCCCC2c2nc(N)ncc2-c2ccc(Cl)cc2)cn1. The zero-order valence-corrected chi connectivity index (χ0v) is 16.3. The van der Waals surface area contributed by atoms with E-state index in [-0.39, 0.29) is 17.9 Å². The van der Waals surface area contributed by atoms with E-state index in [0.717, 1.165) is 36.1 Å². The lowest BCUT2D eigenvalue weighted by Gasteiger charge is -2.36. The molecule has 1 aliphatic heterocycles. The number of hydrogen-bond donors (Lipinski definition) is 1. The maximum atomic E-state index is 13.2. The molecule has 0 radical (unpaired) electrons. The molecule has 144 valence electrons. The third kappa shape index (κ3) is 3.57. The summed E-state index contributed by atoms with van der Waals surface area (Å²) in [6.45, 7) is 0.669. The molecule has 7 nitrogen and oxygen atoms in total. The van der Waals surface area contributed by atoms with Crippen molar-refractivity contribution in [3.05, 3.63) is 59.1 Å². The molecule has 1 aliphatic rings. The molecule has 0 aliphatic carbocycles. The molecular formula is C20H21ClN6O. The average Bonchev–Trinajstić information content (AvgIpc) is 3.14. The summed E-state index contributed by atoms with van der Waals surface area (Å²) in [7, 11) is 1.80. The molecule has 2 N–H and O–H groups in total. The third-order valence-corrected chi connectivity index (χ3v) is 5.28. The molecule has 28 heavy (non-hydrogen) atoms. The van der Waals surface area contributed by atoms with Crippen LogP contribution in [0.4, 0.5) is 5.95 Å². The normalized spacial score (nSPS) is 16.9. The number of benzene rings is 1. The maximum Gasteiger partial charge on any atom is 0.257 e. The van der Waals surface area contributed by atoms with Gasteiger partial charge in [0.25, 0.3) is 5.91 Å². The molecule has 4 rings (SSSR count). The molecule has 1 fully saturated rings. The summed E-state index contributed by atoms with van der Waals surface area (Å²) >= 11 is 6.04. The van der Waals surface area contributed by atoms with Gasteiger partial charge >= 0.3 is 0 Å². The van der Waals surface area contributed by atoms with Gasteiger partial charge in [0.05, 0.1) is 23.5 Å². The Hall–Kier alpha value is -2.93. The van der Waals surface area contributed by atoms with Crippen LogP contribution in [-0.2, 0) is 7.05 Å². The highest BCUT2D eigenvalue weighted by atomic mass is 35.5. The Morgan fingerprint density at radius 1 is 1.21 bits per heavy atom. The van der Waals surface area contributed by atoms with Gasteiger partial charge in [-0.15, -0.1) is 0 Å². The fraction of sp³-hybridized carbons (Fsp3) is 0.300. The van der Waals surface area contributed by atoms with Crippen molar-refractivity contribution in [1.29, 1.82) is 0 Å². The van der Waals surface area contributed by atoms with Crippen LogP contribution >= 0.6 is 11.6 Å². The van der Waals surface area contributed by atoms with Crippen molar-refractivity contribution < 1.29 is 4.79 Å². The highest BCUT2D eigenvalue weighted by molar-refractivity contribution is 6.30. The fourth-order valence-corrected chi connectivity index (χ4v) is 3.80. The second-order valence-electron chi connectivity index (χ2n) is 6.95. The van der Waals surface area contributed by atoms with Crippen molar-refractivity contribution >= 4 is 23.5 Å². The van der Waals surface area contributed by atoms with Crippen molar-refractivity contribution in [1.82, 2.24) is 24.6 Å². The van der Waals surface area contributed by atoms with Crippen LogP contribution in [0.25, 0.3) is 11.1 Å². The topological polar surface area (TPSA) is 89.9 Å².